The second kappa shape index (κ2) is 6.84. The van der Waals surface area contributed by atoms with Gasteiger partial charge in [0.25, 0.3) is 0 Å². The van der Waals surface area contributed by atoms with E-state index in [1.807, 2.05) is 54.7 Å². The molecule has 0 unspecified atom stereocenters. The number of rotatable bonds is 4. The Morgan fingerprint density at radius 2 is 1.88 bits per heavy atom. The smallest absolute Gasteiger partial charge is 0.348 e. The summed E-state index contributed by atoms with van der Waals surface area (Å²) in [5, 5.41) is 10.2. The SMILES string of the molecule is COC(=O)/C(C#N)=C/c1cn(Cc2ccccc2)c2ccccc12. The zero-order chi connectivity index (χ0) is 16.9. The molecule has 0 aliphatic heterocycles. The van der Waals surface area contributed by atoms with Crippen LogP contribution >= 0.6 is 0 Å². The van der Waals surface area contributed by atoms with E-state index >= 15 is 0 Å². The largest absolute Gasteiger partial charge is 0.465 e. The highest BCUT2D eigenvalue weighted by Crippen LogP contribution is 2.24. The first-order valence-electron chi connectivity index (χ1n) is 7.55. The maximum atomic E-state index is 11.7. The van der Waals surface area contributed by atoms with Gasteiger partial charge in [0.2, 0.25) is 0 Å². The predicted octanol–water partition coefficient (Wildman–Crippen LogP) is 3.77. The molecule has 3 aromatic rings. The number of carbonyl (C=O) groups is 1. The van der Waals surface area contributed by atoms with Crippen LogP contribution in [-0.4, -0.2) is 17.6 Å². The molecule has 1 aromatic heterocycles. The molecule has 0 radical (unpaired) electrons. The van der Waals surface area contributed by atoms with Gasteiger partial charge in [0.1, 0.15) is 11.6 Å². The molecule has 0 bridgehead atoms. The third kappa shape index (κ3) is 3.06. The van der Waals surface area contributed by atoms with Crippen LogP contribution in [0.5, 0.6) is 0 Å². The molecule has 1 heterocycles. The minimum atomic E-state index is -0.627. The molecule has 4 heteroatoms. The molecule has 2 aromatic carbocycles. The number of aromatic nitrogens is 1. The van der Waals surface area contributed by atoms with Crippen LogP contribution in [0.1, 0.15) is 11.1 Å². The third-order valence-corrected chi connectivity index (χ3v) is 3.84. The summed E-state index contributed by atoms with van der Waals surface area (Å²) in [5.41, 5.74) is 3.04. The Morgan fingerprint density at radius 1 is 1.17 bits per heavy atom. The van der Waals surface area contributed by atoms with Gasteiger partial charge in [-0.15, -0.1) is 0 Å². The number of hydrogen-bond donors (Lipinski definition) is 0. The van der Waals surface area contributed by atoms with Crippen molar-refractivity contribution in [3.8, 4) is 6.07 Å². The number of hydrogen-bond acceptors (Lipinski definition) is 3. The molecule has 4 nitrogen and oxygen atoms in total. The Balaban J connectivity index is 2.09. The minimum Gasteiger partial charge on any atom is -0.465 e. The number of nitrogens with zero attached hydrogens (tertiary/aromatic N) is 2. The molecule has 0 amide bonds. The first-order valence-corrected chi connectivity index (χ1v) is 7.55. The van der Waals surface area contributed by atoms with E-state index in [1.165, 1.54) is 12.7 Å². The molecule has 0 aliphatic rings. The Hall–Kier alpha value is -3.32. The normalized spacial score (nSPS) is 11.2. The number of carbonyl (C=O) groups excluding carboxylic acids is 1. The third-order valence-electron chi connectivity index (χ3n) is 3.84. The van der Waals surface area contributed by atoms with E-state index < -0.39 is 5.97 Å². The van der Waals surface area contributed by atoms with Gasteiger partial charge in [0.15, 0.2) is 0 Å². The molecular formula is C20H16N2O2. The van der Waals surface area contributed by atoms with Gasteiger partial charge < -0.3 is 9.30 Å². The van der Waals surface area contributed by atoms with E-state index in [1.54, 1.807) is 6.08 Å². The van der Waals surface area contributed by atoms with Crippen LogP contribution in [0.15, 0.2) is 66.4 Å². The molecule has 0 atom stereocenters. The van der Waals surface area contributed by atoms with E-state index in [2.05, 4.69) is 21.4 Å². The van der Waals surface area contributed by atoms with Crippen molar-refractivity contribution in [2.24, 2.45) is 0 Å². The summed E-state index contributed by atoms with van der Waals surface area (Å²) in [7, 11) is 1.27. The fourth-order valence-electron chi connectivity index (χ4n) is 2.70. The summed E-state index contributed by atoms with van der Waals surface area (Å²) in [5.74, 6) is -0.627. The van der Waals surface area contributed by atoms with Crippen LogP contribution < -0.4 is 0 Å². The lowest BCUT2D eigenvalue weighted by Gasteiger charge is -2.05. The van der Waals surface area contributed by atoms with Gasteiger partial charge >= 0.3 is 5.97 Å². The number of methoxy groups -OCH3 is 1. The number of esters is 1. The van der Waals surface area contributed by atoms with E-state index in [0.717, 1.165) is 23.0 Å². The summed E-state index contributed by atoms with van der Waals surface area (Å²) >= 11 is 0. The number of fused-ring (bicyclic) bond motifs is 1. The summed E-state index contributed by atoms with van der Waals surface area (Å²) in [4.78, 5) is 11.7. The van der Waals surface area contributed by atoms with Crippen molar-refractivity contribution in [1.82, 2.24) is 4.57 Å². The Bertz CT molecular complexity index is 947. The minimum absolute atomic E-state index is 0.0138. The van der Waals surface area contributed by atoms with Gasteiger partial charge in [0.05, 0.1) is 7.11 Å². The maximum Gasteiger partial charge on any atom is 0.348 e. The van der Waals surface area contributed by atoms with E-state index in [-0.39, 0.29) is 5.57 Å². The quantitative estimate of drug-likeness (QED) is 0.418. The monoisotopic (exact) mass is 316 g/mol. The van der Waals surface area contributed by atoms with Crippen LogP contribution in [0.2, 0.25) is 0 Å². The average molecular weight is 316 g/mol. The molecule has 0 N–H and O–H groups in total. The van der Waals surface area contributed by atoms with Gasteiger partial charge in [-0.05, 0) is 17.7 Å². The highest BCUT2D eigenvalue weighted by Gasteiger charge is 2.12. The molecule has 0 saturated carbocycles. The van der Waals surface area contributed by atoms with Gasteiger partial charge in [-0.1, -0.05) is 48.5 Å². The lowest BCUT2D eigenvalue weighted by atomic mass is 10.1. The zero-order valence-electron chi connectivity index (χ0n) is 13.3. The molecule has 0 saturated heterocycles. The van der Waals surface area contributed by atoms with Crippen LogP contribution in [-0.2, 0) is 16.1 Å². The second-order valence-corrected chi connectivity index (χ2v) is 5.38. The average Bonchev–Trinajstić information content (AvgIpc) is 2.97. The highest BCUT2D eigenvalue weighted by molar-refractivity contribution is 6.01. The molecule has 3 rings (SSSR count). The topological polar surface area (TPSA) is 55.0 Å². The standard InChI is InChI=1S/C20H16N2O2/c1-24-20(23)16(12-21)11-17-14-22(13-15-7-3-2-4-8-15)19-10-6-5-9-18(17)19/h2-11,14H,13H2,1H3/b16-11+. The first kappa shape index (κ1) is 15.6. The number of ether oxygens (including phenoxy) is 1. The number of benzene rings is 2. The summed E-state index contributed by atoms with van der Waals surface area (Å²) < 4.78 is 6.77. The summed E-state index contributed by atoms with van der Waals surface area (Å²) in [6.45, 7) is 0.718. The van der Waals surface area contributed by atoms with Gasteiger partial charge in [-0.3, -0.25) is 0 Å². The van der Waals surface area contributed by atoms with Crippen molar-refractivity contribution in [2.75, 3.05) is 7.11 Å². The van der Waals surface area contributed by atoms with Crippen LogP contribution in [0.25, 0.3) is 17.0 Å². The molecular weight excluding hydrogens is 300 g/mol. The van der Waals surface area contributed by atoms with Crippen LogP contribution in [0.4, 0.5) is 0 Å². The van der Waals surface area contributed by atoms with Crippen LogP contribution in [0.3, 0.4) is 0 Å². The van der Waals surface area contributed by atoms with Crippen molar-refractivity contribution in [3.05, 3.63) is 77.5 Å². The van der Waals surface area contributed by atoms with Crippen molar-refractivity contribution < 1.29 is 9.53 Å². The first-order chi connectivity index (χ1) is 11.7. The highest BCUT2D eigenvalue weighted by atomic mass is 16.5. The van der Waals surface area contributed by atoms with Crippen molar-refractivity contribution in [3.63, 3.8) is 0 Å². The van der Waals surface area contributed by atoms with Gasteiger partial charge in [-0.2, -0.15) is 5.26 Å². The predicted molar refractivity (Wildman–Crippen MR) is 93.1 cm³/mol. The molecule has 0 spiro atoms. The summed E-state index contributed by atoms with van der Waals surface area (Å²) in [6.07, 6.45) is 3.54. The fraction of sp³-hybridized carbons (Fsp3) is 0.100. The number of nitriles is 1. The van der Waals surface area contributed by atoms with E-state index in [4.69, 9.17) is 0 Å². The number of para-hydroxylation sites is 1. The van der Waals surface area contributed by atoms with Crippen molar-refractivity contribution in [2.45, 2.75) is 6.54 Å². The molecule has 0 aliphatic carbocycles. The van der Waals surface area contributed by atoms with E-state index in [0.29, 0.717) is 0 Å². The lowest BCUT2D eigenvalue weighted by molar-refractivity contribution is -0.135. The Morgan fingerprint density at radius 3 is 2.58 bits per heavy atom. The molecule has 118 valence electrons. The van der Waals surface area contributed by atoms with Gasteiger partial charge in [0, 0.05) is 29.2 Å². The molecule has 24 heavy (non-hydrogen) atoms. The van der Waals surface area contributed by atoms with E-state index in [9.17, 15) is 10.1 Å². The second-order valence-electron chi connectivity index (χ2n) is 5.38. The maximum absolute atomic E-state index is 11.7. The zero-order valence-corrected chi connectivity index (χ0v) is 13.3. The fourth-order valence-corrected chi connectivity index (χ4v) is 2.70. The van der Waals surface area contributed by atoms with Gasteiger partial charge in [-0.25, -0.2) is 4.79 Å². The van der Waals surface area contributed by atoms with Crippen molar-refractivity contribution in [1.29, 1.82) is 5.26 Å². The summed E-state index contributed by atoms with van der Waals surface area (Å²) in [6, 6.07) is 20.0. The Kier molecular flexibility index (Phi) is 4.44. The van der Waals surface area contributed by atoms with Crippen molar-refractivity contribution >= 4 is 22.9 Å². The van der Waals surface area contributed by atoms with Crippen LogP contribution in [0, 0.1) is 11.3 Å². The lowest BCUT2D eigenvalue weighted by Crippen LogP contribution is -2.02. The Labute approximate surface area is 140 Å². The molecule has 0 fully saturated rings.